The number of sulfonamides is 1. The quantitative estimate of drug-likeness (QED) is 0.664. The standard InChI is InChI=1S/C19H18F4N2O4S/c20-16-7-4-14(12-17(16)30(27,28)25-10-1-11-25)18(26)24-9-8-13-2-5-15(6-3-13)29-19(21,22)23/h2-7,12H,1,8-11H2,(H,24,26). The zero-order valence-electron chi connectivity index (χ0n) is 15.6. The fourth-order valence-electron chi connectivity index (χ4n) is 2.79. The van der Waals surface area contributed by atoms with Crippen LogP contribution in [0.4, 0.5) is 17.6 Å². The molecule has 1 N–H and O–H groups in total. The minimum absolute atomic E-state index is 0.00979. The van der Waals surface area contributed by atoms with Gasteiger partial charge in [-0.05, 0) is 48.7 Å². The van der Waals surface area contributed by atoms with E-state index in [1.807, 2.05) is 0 Å². The minimum atomic E-state index is -4.77. The van der Waals surface area contributed by atoms with E-state index in [9.17, 15) is 30.8 Å². The van der Waals surface area contributed by atoms with Gasteiger partial charge in [-0.15, -0.1) is 13.2 Å². The molecule has 30 heavy (non-hydrogen) atoms. The number of carbonyl (C=O) groups excluding carboxylic acids is 1. The van der Waals surface area contributed by atoms with E-state index in [2.05, 4.69) is 10.1 Å². The Labute approximate surface area is 170 Å². The maximum Gasteiger partial charge on any atom is 0.573 e. The first-order valence-electron chi connectivity index (χ1n) is 8.99. The summed E-state index contributed by atoms with van der Waals surface area (Å²) in [6.45, 7) is 0.764. The van der Waals surface area contributed by atoms with Gasteiger partial charge in [0.15, 0.2) is 0 Å². The molecule has 0 unspecified atom stereocenters. The lowest BCUT2D eigenvalue weighted by Crippen LogP contribution is -2.42. The molecule has 11 heteroatoms. The minimum Gasteiger partial charge on any atom is -0.406 e. The number of benzene rings is 2. The van der Waals surface area contributed by atoms with E-state index in [1.165, 1.54) is 18.2 Å². The molecule has 6 nitrogen and oxygen atoms in total. The Morgan fingerprint density at radius 3 is 2.33 bits per heavy atom. The third-order valence-electron chi connectivity index (χ3n) is 4.48. The van der Waals surface area contributed by atoms with Crippen molar-refractivity contribution in [2.24, 2.45) is 0 Å². The molecule has 0 aliphatic carbocycles. The molecule has 0 atom stereocenters. The highest BCUT2D eigenvalue weighted by Gasteiger charge is 2.32. The van der Waals surface area contributed by atoms with Crippen molar-refractivity contribution in [1.29, 1.82) is 0 Å². The van der Waals surface area contributed by atoms with E-state index >= 15 is 0 Å². The van der Waals surface area contributed by atoms with Gasteiger partial charge in [0.25, 0.3) is 5.91 Å². The van der Waals surface area contributed by atoms with Crippen LogP contribution in [-0.4, -0.2) is 44.6 Å². The predicted octanol–water partition coefficient (Wildman–Crippen LogP) is 3.09. The van der Waals surface area contributed by atoms with Crippen molar-refractivity contribution in [2.45, 2.75) is 24.1 Å². The SMILES string of the molecule is O=C(NCCc1ccc(OC(F)(F)F)cc1)c1ccc(F)c(S(=O)(=O)N2CCC2)c1. The lowest BCUT2D eigenvalue weighted by molar-refractivity contribution is -0.274. The Morgan fingerprint density at radius 1 is 1.10 bits per heavy atom. The summed E-state index contributed by atoms with van der Waals surface area (Å²) in [7, 11) is -3.98. The maximum atomic E-state index is 14.0. The number of halogens is 4. The van der Waals surface area contributed by atoms with Crippen molar-refractivity contribution in [2.75, 3.05) is 19.6 Å². The Bertz CT molecular complexity index is 1020. The van der Waals surface area contributed by atoms with Crippen molar-refractivity contribution in [3.63, 3.8) is 0 Å². The summed E-state index contributed by atoms with van der Waals surface area (Å²) >= 11 is 0. The van der Waals surface area contributed by atoms with E-state index in [1.54, 1.807) is 0 Å². The fourth-order valence-corrected chi connectivity index (χ4v) is 4.40. The topological polar surface area (TPSA) is 75.7 Å². The lowest BCUT2D eigenvalue weighted by atomic mass is 10.1. The van der Waals surface area contributed by atoms with Gasteiger partial charge in [-0.1, -0.05) is 12.1 Å². The third-order valence-corrected chi connectivity index (χ3v) is 6.40. The van der Waals surface area contributed by atoms with E-state index in [-0.39, 0.29) is 17.9 Å². The van der Waals surface area contributed by atoms with Crippen LogP contribution < -0.4 is 10.1 Å². The van der Waals surface area contributed by atoms with E-state index in [0.717, 1.165) is 28.6 Å². The summed E-state index contributed by atoms with van der Waals surface area (Å²) in [5, 5.41) is 2.57. The highest BCUT2D eigenvalue weighted by Crippen LogP contribution is 2.25. The maximum absolute atomic E-state index is 14.0. The summed E-state index contributed by atoms with van der Waals surface area (Å²) in [5.74, 6) is -1.87. The Kier molecular flexibility index (Phi) is 6.32. The number of amides is 1. The van der Waals surface area contributed by atoms with Crippen LogP contribution >= 0.6 is 0 Å². The zero-order valence-corrected chi connectivity index (χ0v) is 16.4. The Hall–Kier alpha value is -2.66. The second-order valence-electron chi connectivity index (χ2n) is 6.60. The highest BCUT2D eigenvalue weighted by molar-refractivity contribution is 7.89. The first-order chi connectivity index (χ1) is 14.1. The van der Waals surface area contributed by atoms with Crippen molar-refractivity contribution in [3.8, 4) is 5.75 Å². The molecule has 0 saturated carbocycles. The average Bonchev–Trinajstić information content (AvgIpc) is 2.60. The van der Waals surface area contributed by atoms with Crippen molar-refractivity contribution < 1.29 is 35.5 Å². The van der Waals surface area contributed by atoms with Crippen LogP contribution in [0.15, 0.2) is 47.4 Å². The second kappa shape index (κ2) is 8.60. The molecule has 1 fully saturated rings. The highest BCUT2D eigenvalue weighted by atomic mass is 32.2. The number of hydrogen-bond acceptors (Lipinski definition) is 4. The molecule has 2 aromatic rings. The largest absolute Gasteiger partial charge is 0.573 e. The molecule has 3 rings (SSSR count). The molecule has 1 aliphatic rings. The number of rotatable bonds is 7. The molecule has 0 radical (unpaired) electrons. The number of carbonyl (C=O) groups is 1. The van der Waals surface area contributed by atoms with Crippen LogP contribution in [0.25, 0.3) is 0 Å². The summed E-state index contributed by atoms with van der Waals surface area (Å²) < 4.78 is 80.2. The zero-order chi connectivity index (χ0) is 21.9. The van der Waals surface area contributed by atoms with Crippen molar-refractivity contribution >= 4 is 15.9 Å². The smallest absolute Gasteiger partial charge is 0.406 e. The molecule has 162 valence electrons. The molecule has 0 aromatic heterocycles. The van der Waals surface area contributed by atoms with Gasteiger partial charge in [0.2, 0.25) is 10.0 Å². The monoisotopic (exact) mass is 446 g/mol. The number of hydrogen-bond donors (Lipinski definition) is 1. The van der Waals surface area contributed by atoms with Crippen LogP contribution in [-0.2, 0) is 16.4 Å². The molecular weight excluding hydrogens is 428 g/mol. The van der Waals surface area contributed by atoms with Gasteiger partial charge >= 0.3 is 6.36 Å². The summed E-state index contributed by atoms with van der Waals surface area (Å²) in [6, 6.07) is 8.31. The predicted molar refractivity (Wildman–Crippen MR) is 98.9 cm³/mol. The van der Waals surface area contributed by atoms with Crippen molar-refractivity contribution in [3.05, 3.63) is 59.4 Å². The summed E-state index contributed by atoms with van der Waals surface area (Å²) in [5.41, 5.74) is 0.648. The number of alkyl halides is 3. The molecule has 2 aromatic carbocycles. The Morgan fingerprint density at radius 2 is 1.77 bits per heavy atom. The van der Waals surface area contributed by atoms with Crippen molar-refractivity contribution in [1.82, 2.24) is 9.62 Å². The third kappa shape index (κ3) is 5.28. The van der Waals surface area contributed by atoms with Gasteiger partial charge in [-0.2, -0.15) is 4.31 Å². The normalized spacial score (nSPS) is 14.8. The summed E-state index contributed by atoms with van der Waals surface area (Å²) in [4.78, 5) is 11.8. The van der Waals surface area contributed by atoms with Gasteiger partial charge in [0.1, 0.15) is 16.5 Å². The van der Waals surface area contributed by atoms with Crippen LogP contribution in [0, 0.1) is 5.82 Å². The van der Waals surface area contributed by atoms with Crippen LogP contribution in [0.3, 0.4) is 0 Å². The van der Waals surface area contributed by atoms with Gasteiger partial charge in [-0.25, -0.2) is 12.8 Å². The van der Waals surface area contributed by atoms with Gasteiger partial charge in [0.05, 0.1) is 0 Å². The molecular formula is C19H18F4N2O4S. The number of nitrogens with zero attached hydrogens (tertiary/aromatic N) is 1. The number of ether oxygens (including phenoxy) is 1. The molecule has 0 spiro atoms. The van der Waals surface area contributed by atoms with Gasteiger partial charge < -0.3 is 10.1 Å². The summed E-state index contributed by atoms with van der Waals surface area (Å²) in [6.07, 6.45) is -3.75. The lowest BCUT2D eigenvalue weighted by Gasteiger charge is -2.29. The van der Waals surface area contributed by atoms with Gasteiger partial charge in [-0.3, -0.25) is 4.79 Å². The molecule has 1 amide bonds. The van der Waals surface area contributed by atoms with E-state index in [0.29, 0.717) is 31.5 Å². The van der Waals surface area contributed by atoms with E-state index in [4.69, 9.17) is 0 Å². The molecule has 0 bridgehead atoms. The second-order valence-corrected chi connectivity index (χ2v) is 8.51. The molecule has 1 heterocycles. The van der Waals surface area contributed by atoms with Crippen LogP contribution in [0.1, 0.15) is 22.3 Å². The van der Waals surface area contributed by atoms with Crippen LogP contribution in [0.2, 0.25) is 0 Å². The molecule has 1 saturated heterocycles. The number of nitrogens with one attached hydrogen (secondary N) is 1. The Balaban J connectivity index is 1.59. The first kappa shape index (κ1) is 22.0. The van der Waals surface area contributed by atoms with Crippen LogP contribution in [0.5, 0.6) is 5.75 Å². The van der Waals surface area contributed by atoms with E-state index < -0.39 is 33.0 Å². The first-order valence-corrected chi connectivity index (χ1v) is 10.4. The molecule has 1 aliphatic heterocycles. The average molecular weight is 446 g/mol. The fraction of sp³-hybridized carbons (Fsp3) is 0.316. The van der Waals surface area contributed by atoms with Gasteiger partial charge in [0, 0.05) is 25.2 Å².